The molecule has 142 valence electrons. The van der Waals surface area contributed by atoms with Crippen molar-refractivity contribution >= 4 is 23.4 Å². The lowest BCUT2D eigenvalue weighted by Gasteiger charge is -2.04. The first-order valence-corrected chi connectivity index (χ1v) is 9.95. The second-order valence-electron chi connectivity index (χ2n) is 6.00. The number of aromatic amines is 1. The molecule has 2 aromatic heterocycles. The highest BCUT2D eigenvalue weighted by Gasteiger charge is 2.13. The third-order valence-corrected chi connectivity index (χ3v) is 5.29. The van der Waals surface area contributed by atoms with Crippen LogP contribution in [0.3, 0.4) is 0 Å². The molecule has 0 saturated carbocycles. The molecule has 9 heteroatoms. The molecule has 0 aliphatic rings. The fraction of sp³-hybridized carbons (Fsp3) is 0.158. The van der Waals surface area contributed by atoms with E-state index in [0.29, 0.717) is 34.3 Å². The van der Waals surface area contributed by atoms with Crippen molar-refractivity contribution in [1.29, 1.82) is 0 Å². The summed E-state index contributed by atoms with van der Waals surface area (Å²) in [6.07, 6.45) is 0.745. The molecule has 4 rings (SSSR count). The quantitative estimate of drug-likeness (QED) is 0.463. The summed E-state index contributed by atoms with van der Waals surface area (Å²) in [6.45, 7) is 0.543. The van der Waals surface area contributed by atoms with Crippen LogP contribution in [0, 0.1) is 0 Å². The van der Waals surface area contributed by atoms with E-state index in [1.807, 2.05) is 42.5 Å². The molecule has 2 heterocycles. The van der Waals surface area contributed by atoms with E-state index in [9.17, 15) is 4.79 Å². The summed E-state index contributed by atoms with van der Waals surface area (Å²) in [5.41, 5.74) is 1.73. The number of aromatic nitrogens is 5. The van der Waals surface area contributed by atoms with Gasteiger partial charge >= 0.3 is 5.69 Å². The predicted octanol–water partition coefficient (Wildman–Crippen LogP) is 3.81. The van der Waals surface area contributed by atoms with Crippen LogP contribution in [0.5, 0.6) is 0 Å². The molecule has 0 spiro atoms. The van der Waals surface area contributed by atoms with Gasteiger partial charge in [-0.15, -0.1) is 15.3 Å². The van der Waals surface area contributed by atoms with Crippen molar-refractivity contribution < 1.29 is 4.42 Å². The minimum atomic E-state index is -0.231. The second kappa shape index (κ2) is 8.45. The number of H-pyrrole nitrogens is 1. The molecule has 4 aromatic rings. The summed E-state index contributed by atoms with van der Waals surface area (Å²) in [4.78, 5) is 12.1. The number of nitrogens with zero attached hydrogens (tertiary/aromatic N) is 4. The van der Waals surface area contributed by atoms with Crippen LogP contribution in [-0.4, -0.2) is 25.0 Å². The molecule has 0 aliphatic heterocycles. The van der Waals surface area contributed by atoms with Gasteiger partial charge in [-0.1, -0.05) is 53.7 Å². The maximum atomic E-state index is 12.1. The van der Waals surface area contributed by atoms with E-state index in [1.54, 1.807) is 16.7 Å². The molecule has 2 aromatic carbocycles. The second-order valence-corrected chi connectivity index (χ2v) is 7.37. The average Bonchev–Trinajstić information content (AvgIpc) is 3.33. The van der Waals surface area contributed by atoms with Crippen LogP contribution in [0.2, 0.25) is 5.02 Å². The summed E-state index contributed by atoms with van der Waals surface area (Å²) in [6, 6.07) is 17.2. The van der Waals surface area contributed by atoms with Crippen LogP contribution < -0.4 is 5.69 Å². The van der Waals surface area contributed by atoms with Gasteiger partial charge in [0, 0.05) is 17.1 Å². The van der Waals surface area contributed by atoms with E-state index in [-0.39, 0.29) is 5.69 Å². The van der Waals surface area contributed by atoms with Gasteiger partial charge in [-0.3, -0.25) is 4.57 Å². The van der Waals surface area contributed by atoms with Crippen molar-refractivity contribution in [3.63, 3.8) is 0 Å². The van der Waals surface area contributed by atoms with E-state index >= 15 is 0 Å². The van der Waals surface area contributed by atoms with Crippen molar-refractivity contribution in [2.45, 2.75) is 23.9 Å². The van der Waals surface area contributed by atoms with E-state index in [4.69, 9.17) is 16.0 Å². The molecule has 0 amide bonds. The molecular weight excluding hydrogens is 398 g/mol. The number of thioether (sulfide) groups is 1. The highest BCUT2D eigenvalue weighted by molar-refractivity contribution is 7.98. The zero-order valence-corrected chi connectivity index (χ0v) is 16.3. The van der Waals surface area contributed by atoms with Crippen molar-refractivity contribution in [2.24, 2.45) is 0 Å². The van der Waals surface area contributed by atoms with Gasteiger partial charge in [-0.05, 0) is 36.2 Å². The Kier molecular flexibility index (Phi) is 5.59. The predicted molar refractivity (Wildman–Crippen MR) is 107 cm³/mol. The van der Waals surface area contributed by atoms with Crippen molar-refractivity contribution in [2.75, 3.05) is 0 Å². The Labute approximate surface area is 169 Å². The molecule has 0 atom stereocenters. The smallest absolute Gasteiger partial charge is 0.343 e. The Morgan fingerprint density at radius 2 is 1.86 bits per heavy atom. The maximum absolute atomic E-state index is 12.1. The van der Waals surface area contributed by atoms with Crippen LogP contribution in [0.4, 0.5) is 0 Å². The number of rotatable bonds is 7. The van der Waals surface area contributed by atoms with Crippen LogP contribution in [-0.2, 0) is 18.7 Å². The van der Waals surface area contributed by atoms with Gasteiger partial charge in [0.15, 0.2) is 5.16 Å². The van der Waals surface area contributed by atoms with Crippen LogP contribution in [0.15, 0.2) is 69.0 Å². The molecule has 0 fully saturated rings. The molecular formula is C19H16ClN5O2S. The molecule has 28 heavy (non-hydrogen) atoms. The minimum Gasteiger partial charge on any atom is -0.420 e. The lowest BCUT2D eigenvalue weighted by molar-refractivity contribution is 0.527. The Bertz CT molecular complexity index is 1110. The van der Waals surface area contributed by atoms with E-state index in [0.717, 1.165) is 17.5 Å². The topological polar surface area (TPSA) is 89.6 Å². The van der Waals surface area contributed by atoms with Gasteiger partial charge in [-0.2, -0.15) is 0 Å². The summed E-state index contributed by atoms with van der Waals surface area (Å²) in [7, 11) is 0. The zero-order valence-electron chi connectivity index (χ0n) is 14.7. The Hall–Kier alpha value is -2.84. The third-order valence-electron chi connectivity index (χ3n) is 4.07. The molecule has 0 radical (unpaired) electrons. The number of aryl methyl sites for hydroxylation is 1. The van der Waals surface area contributed by atoms with Gasteiger partial charge in [0.05, 0.1) is 5.75 Å². The first kappa shape index (κ1) is 18.5. The lowest BCUT2D eigenvalue weighted by atomic mass is 10.1. The van der Waals surface area contributed by atoms with Gasteiger partial charge in [0.25, 0.3) is 0 Å². The van der Waals surface area contributed by atoms with Crippen LogP contribution >= 0.6 is 23.4 Å². The first-order chi connectivity index (χ1) is 13.7. The van der Waals surface area contributed by atoms with E-state index in [1.165, 1.54) is 11.8 Å². The van der Waals surface area contributed by atoms with Crippen molar-refractivity contribution in [3.8, 4) is 11.5 Å². The molecule has 7 nitrogen and oxygen atoms in total. The van der Waals surface area contributed by atoms with Gasteiger partial charge < -0.3 is 4.42 Å². The van der Waals surface area contributed by atoms with Gasteiger partial charge in [0.2, 0.25) is 11.8 Å². The monoisotopic (exact) mass is 413 g/mol. The molecule has 1 N–H and O–H groups in total. The average molecular weight is 414 g/mol. The standard InChI is InChI=1S/C19H16ClN5O2S/c20-15-8-6-14(7-9-15)17-22-21-16(27-17)12-28-19-24-23-18(26)25(19)11-10-13-4-2-1-3-5-13/h1-9H,10-12H2,(H,23,26). The summed E-state index contributed by atoms with van der Waals surface area (Å²) in [5.74, 6) is 1.30. The number of nitrogens with one attached hydrogen (secondary N) is 1. The molecule has 0 saturated heterocycles. The highest BCUT2D eigenvalue weighted by atomic mass is 35.5. The minimum absolute atomic E-state index is 0.231. The Balaban J connectivity index is 1.41. The van der Waals surface area contributed by atoms with Crippen molar-refractivity contribution in [1.82, 2.24) is 25.0 Å². The number of halogens is 1. The highest BCUT2D eigenvalue weighted by Crippen LogP contribution is 2.24. The van der Waals surface area contributed by atoms with Crippen LogP contribution in [0.1, 0.15) is 11.5 Å². The fourth-order valence-electron chi connectivity index (χ4n) is 2.64. The SMILES string of the molecule is O=c1[nH]nc(SCc2nnc(-c3ccc(Cl)cc3)o2)n1CCc1ccccc1. The largest absolute Gasteiger partial charge is 0.420 e. The Morgan fingerprint density at radius 1 is 1.07 bits per heavy atom. The Morgan fingerprint density at radius 3 is 2.64 bits per heavy atom. The molecule has 0 aliphatic carbocycles. The zero-order chi connectivity index (χ0) is 19.3. The number of hydrogen-bond acceptors (Lipinski definition) is 6. The lowest BCUT2D eigenvalue weighted by Crippen LogP contribution is -2.18. The summed E-state index contributed by atoms with van der Waals surface area (Å²) in [5, 5.41) is 16.0. The fourth-order valence-corrected chi connectivity index (χ4v) is 3.58. The normalized spacial score (nSPS) is 11.0. The molecule has 0 unspecified atom stereocenters. The van der Waals surface area contributed by atoms with E-state index < -0.39 is 0 Å². The van der Waals surface area contributed by atoms with Gasteiger partial charge in [-0.25, -0.2) is 9.89 Å². The number of hydrogen-bond donors (Lipinski definition) is 1. The van der Waals surface area contributed by atoms with Crippen LogP contribution in [0.25, 0.3) is 11.5 Å². The third kappa shape index (κ3) is 4.35. The summed E-state index contributed by atoms with van der Waals surface area (Å²) < 4.78 is 7.31. The maximum Gasteiger partial charge on any atom is 0.343 e. The van der Waals surface area contributed by atoms with Crippen molar-refractivity contribution in [3.05, 3.63) is 81.6 Å². The van der Waals surface area contributed by atoms with E-state index in [2.05, 4.69) is 20.4 Å². The van der Waals surface area contributed by atoms with Gasteiger partial charge in [0.1, 0.15) is 0 Å². The molecule has 0 bridgehead atoms. The number of benzene rings is 2. The summed E-state index contributed by atoms with van der Waals surface area (Å²) >= 11 is 7.27. The first-order valence-electron chi connectivity index (χ1n) is 8.59.